The van der Waals surface area contributed by atoms with Gasteiger partial charge in [0.1, 0.15) is 0 Å². The molecule has 3 aromatic rings. The third-order valence-electron chi connectivity index (χ3n) is 6.72. The highest BCUT2D eigenvalue weighted by Crippen LogP contribution is 2.36. The minimum Gasteiger partial charge on any atom is -0.486 e. The molecule has 0 spiro atoms. The number of aliphatic carboxylic acids is 1. The number of carbonyl (C=O) groups is 1. The third kappa shape index (κ3) is 6.77. The number of anilines is 5. The maximum atomic E-state index is 11.2. The summed E-state index contributed by atoms with van der Waals surface area (Å²) in [6.45, 7) is 7.10. The van der Waals surface area contributed by atoms with Crippen molar-refractivity contribution in [3.8, 4) is 0 Å². The summed E-state index contributed by atoms with van der Waals surface area (Å²) in [6.07, 6.45) is 8.26. The highest BCUT2D eigenvalue weighted by atomic mass is 16.4. The number of rotatable bonds is 8. The Kier molecular flexibility index (Phi) is 8.53. The van der Waals surface area contributed by atoms with Gasteiger partial charge in [0.15, 0.2) is 0 Å². The maximum absolute atomic E-state index is 11.2. The standard InChI is InChI=1S/C33H34N4O2/c1-34-32(33(38)39)23-26-8-6-7-25(22-26)21-24-9-11-29(12-10-24)37(30-17-13-27(14-18-30)35(2)3)31-19-15-28(16-20-31)36(4)5/h9-23H,6-8H2,2-5H3,(H,38,39). The lowest BCUT2D eigenvalue weighted by Crippen LogP contribution is -2.12. The van der Waals surface area contributed by atoms with E-state index in [4.69, 9.17) is 6.57 Å². The smallest absolute Gasteiger partial charge is 0.333 e. The van der Waals surface area contributed by atoms with E-state index in [2.05, 4.69) is 98.4 Å². The molecule has 0 aliphatic heterocycles. The van der Waals surface area contributed by atoms with E-state index in [0.29, 0.717) is 0 Å². The van der Waals surface area contributed by atoms with Crippen molar-refractivity contribution in [3.63, 3.8) is 0 Å². The average Bonchev–Trinajstić information content (AvgIpc) is 2.93. The molecule has 0 saturated carbocycles. The fourth-order valence-electron chi connectivity index (χ4n) is 4.60. The molecular weight excluding hydrogens is 484 g/mol. The van der Waals surface area contributed by atoms with Crippen LogP contribution in [-0.4, -0.2) is 39.3 Å². The van der Waals surface area contributed by atoms with E-state index in [1.54, 1.807) is 0 Å². The number of carboxylic acid groups (broad SMARTS) is 1. The summed E-state index contributed by atoms with van der Waals surface area (Å²) in [5, 5.41) is 9.18. The highest BCUT2D eigenvalue weighted by Gasteiger charge is 2.14. The minimum absolute atomic E-state index is 0.246. The predicted octanol–water partition coefficient (Wildman–Crippen LogP) is 7.67. The lowest BCUT2D eigenvalue weighted by Gasteiger charge is -2.27. The Morgan fingerprint density at radius 3 is 1.67 bits per heavy atom. The molecule has 0 aromatic heterocycles. The Labute approximate surface area is 231 Å². The fourth-order valence-corrected chi connectivity index (χ4v) is 4.60. The molecule has 198 valence electrons. The normalized spacial score (nSPS) is 14.4. The van der Waals surface area contributed by atoms with Gasteiger partial charge in [-0.3, -0.25) is 4.79 Å². The molecule has 3 aromatic carbocycles. The van der Waals surface area contributed by atoms with E-state index in [1.165, 1.54) is 6.08 Å². The summed E-state index contributed by atoms with van der Waals surface area (Å²) in [4.78, 5) is 20.8. The number of benzene rings is 3. The van der Waals surface area contributed by atoms with Crippen molar-refractivity contribution in [2.45, 2.75) is 19.3 Å². The van der Waals surface area contributed by atoms with Gasteiger partial charge in [0.25, 0.3) is 5.70 Å². The summed E-state index contributed by atoms with van der Waals surface area (Å²) in [7, 11) is 8.15. The van der Waals surface area contributed by atoms with Gasteiger partial charge in [-0.25, -0.2) is 4.85 Å². The first-order valence-corrected chi connectivity index (χ1v) is 12.9. The van der Waals surface area contributed by atoms with E-state index in [-0.39, 0.29) is 5.70 Å². The molecule has 0 atom stereocenters. The van der Waals surface area contributed by atoms with Gasteiger partial charge in [-0.1, -0.05) is 29.9 Å². The zero-order valence-corrected chi connectivity index (χ0v) is 22.9. The predicted molar refractivity (Wildman–Crippen MR) is 162 cm³/mol. The highest BCUT2D eigenvalue weighted by molar-refractivity contribution is 5.89. The molecular formula is C33H34N4O2. The van der Waals surface area contributed by atoms with Crippen molar-refractivity contribution in [1.29, 1.82) is 0 Å². The molecule has 4 rings (SSSR count). The van der Waals surface area contributed by atoms with Gasteiger partial charge in [-0.15, -0.1) is 0 Å². The van der Waals surface area contributed by atoms with Crippen LogP contribution in [-0.2, 0) is 4.79 Å². The zero-order valence-electron chi connectivity index (χ0n) is 22.9. The van der Waals surface area contributed by atoms with Crippen LogP contribution in [0, 0.1) is 6.57 Å². The van der Waals surface area contributed by atoms with Crippen molar-refractivity contribution >= 4 is 40.5 Å². The first-order chi connectivity index (χ1) is 18.7. The lowest BCUT2D eigenvalue weighted by atomic mass is 9.93. The molecule has 0 unspecified atom stereocenters. The van der Waals surface area contributed by atoms with Crippen LogP contribution < -0.4 is 14.7 Å². The quantitative estimate of drug-likeness (QED) is 0.245. The van der Waals surface area contributed by atoms with Gasteiger partial charge in [0, 0.05) is 56.6 Å². The van der Waals surface area contributed by atoms with E-state index < -0.39 is 5.97 Å². The number of carboxylic acids is 1. The topological polar surface area (TPSA) is 51.4 Å². The van der Waals surface area contributed by atoms with E-state index in [1.807, 2.05) is 34.3 Å². The molecule has 0 amide bonds. The van der Waals surface area contributed by atoms with Crippen LogP contribution in [0.25, 0.3) is 10.9 Å². The third-order valence-corrected chi connectivity index (χ3v) is 6.72. The Morgan fingerprint density at radius 2 is 1.23 bits per heavy atom. The largest absolute Gasteiger partial charge is 0.486 e. The second kappa shape index (κ2) is 12.2. The van der Waals surface area contributed by atoms with Crippen LogP contribution in [0.4, 0.5) is 28.4 Å². The SMILES string of the molecule is [C-]#[N+]C(=CC1=CC(=Cc2ccc(N(c3ccc(N(C)C)cc3)c3ccc(N(C)C)cc3)cc2)CCC1)C(=O)O. The summed E-state index contributed by atoms with van der Waals surface area (Å²) < 4.78 is 0. The van der Waals surface area contributed by atoms with Crippen LogP contribution in [0.1, 0.15) is 24.8 Å². The summed E-state index contributed by atoms with van der Waals surface area (Å²) >= 11 is 0. The molecule has 0 heterocycles. The molecule has 0 bridgehead atoms. The zero-order chi connectivity index (χ0) is 27.9. The van der Waals surface area contributed by atoms with Gasteiger partial charge < -0.3 is 19.8 Å². The molecule has 39 heavy (non-hydrogen) atoms. The Hall–Kier alpha value is -4.76. The van der Waals surface area contributed by atoms with Crippen LogP contribution in [0.5, 0.6) is 0 Å². The molecule has 1 aliphatic rings. The number of nitrogens with zero attached hydrogens (tertiary/aromatic N) is 4. The van der Waals surface area contributed by atoms with Gasteiger partial charge in [-0.2, -0.15) is 0 Å². The van der Waals surface area contributed by atoms with Gasteiger partial charge >= 0.3 is 5.97 Å². The lowest BCUT2D eigenvalue weighted by molar-refractivity contribution is -0.132. The summed E-state index contributed by atoms with van der Waals surface area (Å²) in [5.74, 6) is -1.19. The van der Waals surface area contributed by atoms with E-state index >= 15 is 0 Å². The van der Waals surface area contributed by atoms with Crippen molar-refractivity contribution in [2.75, 3.05) is 42.9 Å². The first kappa shape index (κ1) is 27.3. The number of allylic oxidation sites excluding steroid dienone is 4. The molecule has 1 N–H and O–H groups in total. The second-order valence-electron chi connectivity index (χ2n) is 9.99. The Balaban J connectivity index is 1.66. The average molecular weight is 519 g/mol. The Morgan fingerprint density at radius 1 is 0.769 bits per heavy atom. The van der Waals surface area contributed by atoms with Crippen LogP contribution >= 0.6 is 0 Å². The first-order valence-electron chi connectivity index (χ1n) is 12.9. The van der Waals surface area contributed by atoms with Crippen molar-refractivity contribution in [2.24, 2.45) is 0 Å². The van der Waals surface area contributed by atoms with Crippen LogP contribution in [0.3, 0.4) is 0 Å². The van der Waals surface area contributed by atoms with E-state index in [9.17, 15) is 9.90 Å². The maximum Gasteiger partial charge on any atom is 0.333 e. The second-order valence-corrected chi connectivity index (χ2v) is 9.99. The van der Waals surface area contributed by atoms with Gasteiger partial charge in [-0.05, 0) is 97.1 Å². The van der Waals surface area contributed by atoms with Crippen LogP contribution in [0.2, 0.25) is 0 Å². The van der Waals surface area contributed by atoms with Crippen molar-refractivity contribution in [3.05, 3.63) is 119 Å². The molecule has 0 saturated heterocycles. The van der Waals surface area contributed by atoms with Gasteiger partial charge in [0.05, 0.1) is 6.57 Å². The number of hydrogen-bond acceptors (Lipinski definition) is 4. The fraction of sp³-hybridized carbons (Fsp3) is 0.212. The van der Waals surface area contributed by atoms with Crippen LogP contribution in [0.15, 0.2) is 102 Å². The molecule has 6 heteroatoms. The van der Waals surface area contributed by atoms with Crippen molar-refractivity contribution < 1.29 is 9.90 Å². The Bertz CT molecular complexity index is 1390. The molecule has 6 nitrogen and oxygen atoms in total. The summed E-state index contributed by atoms with van der Waals surface area (Å²) in [6, 6.07) is 25.5. The summed E-state index contributed by atoms with van der Waals surface area (Å²) in [5.41, 5.74) is 8.33. The monoisotopic (exact) mass is 518 g/mol. The number of hydrogen-bond donors (Lipinski definition) is 1. The molecule has 0 radical (unpaired) electrons. The van der Waals surface area contributed by atoms with E-state index in [0.717, 1.165) is 64.4 Å². The van der Waals surface area contributed by atoms with Gasteiger partial charge in [0.2, 0.25) is 0 Å². The molecule has 0 fully saturated rings. The minimum atomic E-state index is -1.19. The van der Waals surface area contributed by atoms with Crippen molar-refractivity contribution in [1.82, 2.24) is 0 Å². The molecule has 1 aliphatic carbocycles.